The highest BCUT2D eigenvalue weighted by Crippen LogP contribution is 2.14. The lowest BCUT2D eigenvalue weighted by molar-refractivity contribution is 0.102. The molecular formula is C16H17N3O3. The van der Waals surface area contributed by atoms with Crippen molar-refractivity contribution in [2.45, 2.75) is 13.5 Å². The van der Waals surface area contributed by atoms with E-state index in [0.717, 1.165) is 11.3 Å². The van der Waals surface area contributed by atoms with Gasteiger partial charge in [0.05, 0.1) is 19.3 Å². The molecule has 0 spiro atoms. The summed E-state index contributed by atoms with van der Waals surface area (Å²) in [5.41, 5.74) is 2.79. The Morgan fingerprint density at radius 1 is 1.23 bits per heavy atom. The first-order valence-corrected chi connectivity index (χ1v) is 6.74. The van der Waals surface area contributed by atoms with Crippen LogP contribution in [0.4, 0.5) is 10.5 Å². The molecule has 0 aliphatic carbocycles. The molecule has 0 saturated carbocycles. The fraction of sp³-hybridized carbons (Fsp3) is 0.188. The summed E-state index contributed by atoms with van der Waals surface area (Å²) < 4.78 is 4.48. The number of aryl methyl sites for hydroxylation is 1. The number of anilines is 1. The van der Waals surface area contributed by atoms with Gasteiger partial charge in [0.1, 0.15) is 0 Å². The van der Waals surface area contributed by atoms with Gasteiger partial charge in [0.25, 0.3) is 5.91 Å². The fourth-order valence-corrected chi connectivity index (χ4v) is 1.86. The van der Waals surface area contributed by atoms with E-state index in [9.17, 15) is 9.59 Å². The van der Waals surface area contributed by atoms with Crippen LogP contribution >= 0.6 is 0 Å². The first-order chi connectivity index (χ1) is 10.6. The van der Waals surface area contributed by atoms with Gasteiger partial charge in [-0.2, -0.15) is 0 Å². The lowest BCUT2D eigenvalue weighted by Gasteiger charge is -2.09. The van der Waals surface area contributed by atoms with Gasteiger partial charge in [-0.3, -0.25) is 9.78 Å². The summed E-state index contributed by atoms with van der Waals surface area (Å²) >= 11 is 0. The zero-order valence-corrected chi connectivity index (χ0v) is 12.4. The van der Waals surface area contributed by atoms with Gasteiger partial charge >= 0.3 is 6.09 Å². The van der Waals surface area contributed by atoms with Crippen LogP contribution in [0.2, 0.25) is 0 Å². The number of methoxy groups -OCH3 is 1. The highest BCUT2D eigenvalue weighted by Gasteiger charge is 2.09. The van der Waals surface area contributed by atoms with Crippen molar-refractivity contribution in [1.82, 2.24) is 10.3 Å². The smallest absolute Gasteiger partial charge is 0.407 e. The summed E-state index contributed by atoms with van der Waals surface area (Å²) in [5, 5.41) is 5.37. The minimum atomic E-state index is -0.545. The zero-order valence-electron chi connectivity index (χ0n) is 12.4. The van der Waals surface area contributed by atoms with Crippen molar-refractivity contribution in [3.63, 3.8) is 0 Å². The number of hydrogen-bond acceptors (Lipinski definition) is 4. The SMILES string of the molecule is COC(=O)NCc1cc(C(=O)Nc2ccccc2C)ccn1. The molecule has 0 atom stereocenters. The van der Waals surface area contributed by atoms with E-state index in [4.69, 9.17) is 0 Å². The van der Waals surface area contributed by atoms with E-state index in [1.54, 1.807) is 12.1 Å². The van der Waals surface area contributed by atoms with Gasteiger partial charge in [-0.15, -0.1) is 0 Å². The highest BCUT2D eigenvalue weighted by atomic mass is 16.5. The van der Waals surface area contributed by atoms with E-state index < -0.39 is 6.09 Å². The monoisotopic (exact) mass is 299 g/mol. The van der Waals surface area contributed by atoms with Crippen molar-refractivity contribution >= 4 is 17.7 Å². The van der Waals surface area contributed by atoms with Crippen LogP contribution in [-0.4, -0.2) is 24.1 Å². The van der Waals surface area contributed by atoms with Crippen molar-refractivity contribution in [3.8, 4) is 0 Å². The number of aromatic nitrogens is 1. The van der Waals surface area contributed by atoms with Crippen LogP contribution < -0.4 is 10.6 Å². The zero-order chi connectivity index (χ0) is 15.9. The molecule has 0 unspecified atom stereocenters. The summed E-state index contributed by atoms with van der Waals surface area (Å²) in [5.74, 6) is -0.226. The Labute approximate surface area is 128 Å². The second-order valence-electron chi connectivity index (χ2n) is 4.65. The van der Waals surface area contributed by atoms with E-state index in [0.29, 0.717) is 11.3 Å². The van der Waals surface area contributed by atoms with Crippen LogP contribution in [0.25, 0.3) is 0 Å². The van der Waals surface area contributed by atoms with Gasteiger partial charge in [0.15, 0.2) is 0 Å². The molecule has 0 saturated heterocycles. The van der Waals surface area contributed by atoms with Gasteiger partial charge < -0.3 is 15.4 Å². The molecule has 1 heterocycles. The van der Waals surface area contributed by atoms with E-state index >= 15 is 0 Å². The molecule has 0 aliphatic rings. The summed E-state index contributed by atoms with van der Waals surface area (Å²) in [6.45, 7) is 2.12. The molecule has 1 aromatic carbocycles. The quantitative estimate of drug-likeness (QED) is 0.909. The standard InChI is InChI=1S/C16H17N3O3/c1-11-5-3-4-6-14(11)19-15(20)12-7-8-17-13(9-12)10-18-16(21)22-2/h3-9H,10H2,1-2H3,(H,18,21)(H,19,20). The molecule has 0 fully saturated rings. The summed E-state index contributed by atoms with van der Waals surface area (Å²) in [6, 6.07) is 10.8. The van der Waals surface area contributed by atoms with Crippen LogP contribution in [0.5, 0.6) is 0 Å². The Morgan fingerprint density at radius 3 is 2.73 bits per heavy atom. The van der Waals surface area contributed by atoms with Crippen molar-refractivity contribution < 1.29 is 14.3 Å². The minimum absolute atomic E-state index is 0.193. The number of para-hydroxylation sites is 1. The van der Waals surface area contributed by atoms with Crippen LogP contribution in [0.15, 0.2) is 42.6 Å². The van der Waals surface area contributed by atoms with E-state index in [1.165, 1.54) is 13.3 Å². The Kier molecular flexibility index (Phi) is 5.08. The van der Waals surface area contributed by atoms with E-state index in [-0.39, 0.29) is 12.5 Å². The lowest BCUT2D eigenvalue weighted by atomic mass is 10.1. The van der Waals surface area contributed by atoms with Crippen LogP contribution in [-0.2, 0) is 11.3 Å². The Morgan fingerprint density at radius 2 is 2.00 bits per heavy atom. The maximum Gasteiger partial charge on any atom is 0.407 e. The maximum atomic E-state index is 12.3. The first-order valence-electron chi connectivity index (χ1n) is 6.74. The normalized spacial score (nSPS) is 9.91. The molecule has 2 aromatic rings. The van der Waals surface area contributed by atoms with Crippen LogP contribution in [0.3, 0.4) is 0 Å². The van der Waals surface area contributed by atoms with Gasteiger partial charge in [0, 0.05) is 17.4 Å². The maximum absolute atomic E-state index is 12.3. The second-order valence-corrected chi connectivity index (χ2v) is 4.65. The number of nitrogens with one attached hydrogen (secondary N) is 2. The molecule has 0 aliphatic heterocycles. The Hall–Kier alpha value is -2.89. The van der Waals surface area contributed by atoms with Crippen molar-refractivity contribution in [1.29, 1.82) is 0 Å². The lowest BCUT2D eigenvalue weighted by Crippen LogP contribution is -2.23. The minimum Gasteiger partial charge on any atom is -0.453 e. The fourth-order valence-electron chi connectivity index (χ4n) is 1.86. The summed E-state index contributed by atoms with van der Waals surface area (Å²) in [7, 11) is 1.29. The molecule has 6 nitrogen and oxygen atoms in total. The van der Waals surface area contributed by atoms with E-state index in [1.807, 2.05) is 31.2 Å². The number of alkyl carbamates (subject to hydrolysis) is 1. The Bertz CT molecular complexity index is 686. The van der Waals surface area contributed by atoms with Gasteiger partial charge in [-0.1, -0.05) is 18.2 Å². The third kappa shape index (κ3) is 4.05. The molecule has 2 amide bonds. The largest absolute Gasteiger partial charge is 0.453 e. The number of hydrogen-bond donors (Lipinski definition) is 2. The summed E-state index contributed by atoms with van der Waals surface area (Å²) in [4.78, 5) is 27.4. The van der Waals surface area contributed by atoms with Crippen molar-refractivity contribution in [3.05, 3.63) is 59.4 Å². The number of rotatable bonds is 4. The van der Waals surface area contributed by atoms with Gasteiger partial charge in [0.2, 0.25) is 0 Å². The topological polar surface area (TPSA) is 80.3 Å². The molecule has 114 valence electrons. The van der Waals surface area contributed by atoms with Gasteiger partial charge in [-0.25, -0.2) is 4.79 Å². The molecule has 2 rings (SSSR count). The third-order valence-electron chi connectivity index (χ3n) is 3.07. The summed E-state index contributed by atoms with van der Waals surface area (Å²) in [6.07, 6.45) is 0.984. The first kappa shape index (κ1) is 15.5. The number of ether oxygens (including phenoxy) is 1. The second kappa shape index (κ2) is 7.21. The number of amides is 2. The van der Waals surface area contributed by atoms with Crippen LogP contribution in [0.1, 0.15) is 21.6 Å². The molecule has 2 N–H and O–H groups in total. The van der Waals surface area contributed by atoms with Gasteiger partial charge in [-0.05, 0) is 30.7 Å². The third-order valence-corrected chi connectivity index (χ3v) is 3.07. The number of carbonyl (C=O) groups is 2. The van der Waals surface area contributed by atoms with E-state index in [2.05, 4.69) is 20.4 Å². The predicted molar refractivity (Wildman–Crippen MR) is 82.6 cm³/mol. The van der Waals surface area contributed by atoms with Crippen molar-refractivity contribution in [2.24, 2.45) is 0 Å². The molecule has 22 heavy (non-hydrogen) atoms. The molecule has 1 aromatic heterocycles. The average Bonchev–Trinajstić information content (AvgIpc) is 2.55. The molecule has 0 radical (unpaired) electrons. The number of carbonyl (C=O) groups excluding carboxylic acids is 2. The molecular weight excluding hydrogens is 282 g/mol. The Balaban J connectivity index is 2.07. The van der Waals surface area contributed by atoms with Crippen molar-refractivity contribution in [2.75, 3.05) is 12.4 Å². The van der Waals surface area contributed by atoms with Crippen LogP contribution in [0, 0.1) is 6.92 Å². The predicted octanol–water partition coefficient (Wildman–Crippen LogP) is 2.50. The number of pyridine rings is 1. The molecule has 0 bridgehead atoms. The number of nitrogens with zero attached hydrogens (tertiary/aromatic N) is 1. The number of benzene rings is 1. The molecule has 6 heteroatoms. The highest BCUT2D eigenvalue weighted by molar-refractivity contribution is 6.04. The average molecular weight is 299 g/mol.